The van der Waals surface area contributed by atoms with Gasteiger partial charge in [-0.2, -0.15) is 0 Å². The van der Waals surface area contributed by atoms with E-state index in [2.05, 4.69) is 28.7 Å². The number of morpholine rings is 1. The van der Waals surface area contributed by atoms with Crippen molar-refractivity contribution in [2.45, 2.75) is 33.0 Å². The smallest absolute Gasteiger partial charge is 0.132 e. The van der Waals surface area contributed by atoms with Gasteiger partial charge in [-0.1, -0.05) is 0 Å². The maximum atomic E-state index is 5.68. The molecule has 1 aromatic rings. The van der Waals surface area contributed by atoms with Gasteiger partial charge in [0.05, 0.1) is 12.2 Å². The van der Waals surface area contributed by atoms with E-state index in [1.165, 1.54) is 0 Å². The molecule has 1 aliphatic rings. The highest BCUT2D eigenvalue weighted by Crippen LogP contribution is 2.17. The van der Waals surface area contributed by atoms with Crippen molar-refractivity contribution in [2.75, 3.05) is 18.0 Å². The van der Waals surface area contributed by atoms with Gasteiger partial charge in [-0.25, -0.2) is 9.97 Å². The molecule has 0 radical (unpaired) electrons. The predicted octanol–water partition coefficient (Wildman–Crippen LogP) is 1.40. The molecule has 2 atom stereocenters. The van der Waals surface area contributed by atoms with Crippen LogP contribution in [-0.2, 0) is 4.74 Å². The van der Waals surface area contributed by atoms with Gasteiger partial charge in [0.2, 0.25) is 0 Å². The van der Waals surface area contributed by atoms with E-state index >= 15 is 0 Å². The molecule has 0 amide bonds. The average molecular weight is 207 g/mol. The van der Waals surface area contributed by atoms with E-state index in [4.69, 9.17) is 4.74 Å². The summed E-state index contributed by atoms with van der Waals surface area (Å²) in [6, 6.07) is 2.02. The molecule has 4 nitrogen and oxygen atoms in total. The second kappa shape index (κ2) is 4.14. The van der Waals surface area contributed by atoms with Gasteiger partial charge in [0.1, 0.15) is 12.1 Å². The summed E-state index contributed by atoms with van der Waals surface area (Å²) >= 11 is 0. The molecule has 0 bridgehead atoms. The van der Waals surface area contributed by atoms with E-state index < -0.39 is 0 Å². The Balaban J connectivity index is 2.16. The Morgan fingerprint density at radius 1 is 1.27 bits per heavy atom. The number of ether oxygens (including phenoxy) is 1. The van der Waals surface area contributed by atoms with Gasteiger partial charge < -0.3 is 9.64 Å². The minimum atomic E-state index is 0.268. The Morgan fingerprint density at radius 3 is 2.53 bits per heavy atom. The number of aryl methyl sites for hydroxylation is 1. The van der Waals surface area contributed by atoms with Crippen molar-refractivity contribution in [3.63, 3.8) is 0 Å². The van der Waals surface area contributed by atoms with Gasteiger partial charge in [0.15, 0.2) is 0 Å². The molecule has 1 saturated heterocycles. The molecule has 15 heavy (non-hydrogen) atoms. The van der Waals surface area contributed by atoms with E-state index in [1.54, 1.807) is 6.33 Å². The lowest BCUT2D eigenvalue weighted by Crippen LogP contribution is -2.45. The summed E-state index contributed by atoms with van der Waals surface area (Å²) < 4.78 is 5.68. The molecule has 0 aliphatic carbocycles. The van der Waals surface area contributed by atoms with Crippen molar-refractivity contribution in [3.8, 4) is 0 Å². The van der Waals surface area contributed by atoms with Crippen molar-refractivity contribution in [2.24, 2.45) is 0 Å². The Morgan fingerprint density at radius 2 is 1.93 bits per heavy atom. The fourth-order valence-corrected chi connectivity index (χ4v) is 1.98. The Hall–Kier alpha value is -1.16. The SMILES string of the molecule is Cc1cc(N2C[C@@H](C)O[C@@H](C)C2)ncn1. The third-order valence-corrected chi connectivity index (χ3v) is 2.53. The lowest BCUT2D eigenvalue weighted by atomic mass is 10.2. The van der Waals surface area contributed by atoms with Crippen LogP contribution in [0.5, 0.6) is 0 Å². The minimum absolute atomic E-state index is 0.268. The van der Waals surface area contributed by atoms with Crippen molar-refractivity contribution >= 4 is 5.82 Å². The van der Waals surface area contributed by atoms with E-state index in [9.17, 15) is 0 Å². The first kappa shape index (κ1) is 10.4. The Labute approximate surface area is 90.3 Å². The van der Waals surface area contributed by atoms with Gasteiger partial charge in [-0.05, 0) is 20.8 Å². The molecule has 0 N–H and O–H groups in total. The monoisotopic (exact) mass is 207 g/mol. The normalized spacial score (nSPS) is 26.7. The van der Waals surface area contributed by atoms with Crippen LogP contribution in [0.4, 0.5) is 5.82 Å². The van der Waals surface area contributed by atoms with Crippen LogP contribution in [0.25, 0.3) is 0 Å². The number of rotatable bonds is 1. The van der Waals surface area contributed by atoms with Crippen LogP contribution in [-0.4, -0.2) is 35.3 Å². The highest BCUT2D eigenvalue weighted by molar-refractivity contribution is 5.39. The molecule has 1 fully saturated rings. The summed E-state index contributed by atoms with van der Waals surface area (Å²) in [6.07, 6.45) is 2.16. The molecular formula is C11H17N3O. The predicted molar refractivity (Wildman–Crippen MR) is 59.0 cm³/mol. The van der Waals surface area contributed by atoms with Crippen LogP contribution in [0.15, 0.2) is 12.4 Å². The molecule has 0 aromatic carbocycles. The van der Waals surface area contributed by atoms with Crippen molar-refractivity contribution in [1.29, 1.82) is 0 Å². The van der Waals surface area contributed by atoms with Gasteiger partial charge in [0.25, 0.3) is 0 Å². The van der Waals surface area contributed by atoms with Crippen LogP contribution in [0.2, 0.25) is 0 Å². The summed E-state index contributed by atoms with van der Waals surface area (Å²) in [5.74, 6) is 1.00. The van der Waals surface area contributed by atoms with Gasteiger partial charge in [-0.15, -0.1) is 0 Å². The number of hydrogen-bond donors (Lipinski definition) is 0. The Bertz CT molecular complexity index is 332. The topological polar surface area (TPSA) is 38.2 Å². The molecule has 0 saturated carbocycles. The number of hydrogen-bond acceptors (Lipinski definition) is 4. The number of nitrogens with zero attached hydrogens (tertiary/aromatic N) is 3. The summed E-state index contributed by atoms with van der Waals surface area (Å²) in [7, 11) is 0. The first-order valence-corrected chi connectivity index (χ1v) is 5.34. The maximum absolute atomic E-state index is 5.68. The summed E-state index contributed by atoms with van der Waals surface area (Å²) in [5, 5.41) is 0. The van der Waals surface area contributed by atoms with E-state index in [1.807, 2.05) is 13.0 Å². The lowest BCUT2D eigenvalue weighted by molar-refractivity contribution is -0.00547. The standard InChI is InChI=1S/C11H17N3O/c1-8-4-11(13-7-12-8)14-5-9(2)15-10(3)6-14/h4,7,9-10H,5-6H2,1-3H3/t9-,10+. The molecular weight excluding hydrogens is 190 g/mol. The van der Waals surface area contributed by atoms with Crippen molar-refractivity contribution in [1.82, 2.24) is 9.97 Å². The number of anilines is 1. The Kier molecular flexibility index (Phi) is 2.86. The van der Waals surface area contributed by atoms with Crippen LogP contribution < -0.4 is 4.90 Å². The quantitative estimate of drug-likeness (QED) is 0.697. The zero-order valence-corrected chi connectivity index (χ0v) is 9.47. The van der Waals surface area contributed by atoms with Crippen LogP contribution in [0, 0.1) is 6.92 Å². The summed E-state index contributed by atoms with van der Waals surface area (Å²) in [4.78, 5) is 10.7. The van der Waals surface area contributed by atoms with Crippen LogP contribution in [0.3, 0.4) is 0 Å². The fraction of sp³-hybridized carbons (Fsp3) is 0.636. The molecule has 1 aromatic heterocycles. The largest absolute Gasteiger partial charge is 0.372 e. The summed E-state index contributed by atoms with van der Waals surface area (Å²) in [5.41, 5.74) is 1.01. The van der Waals surface area contributed by atoms with Crippen molar-refractivity contribution in [3.05, 3.63) is 18.1 Å². The second-order valence-corrected chi connectivity index (χ2v) is 4.18. The highest BCUT2D eigenvalue weighted by Gasteiger charge is 2.22. The molecule has 0 spiro atoms. The van der Waals surface area contributed by atoms with Crippen LogP contribution >= 0.6 is 0 Å². The first-order chi connectivity index (χ1) is 7.15. The second-order valence-electron chi connectivity index (χ2n) is 4.18. The van der Waals surface area contributed by atoms with E-state index in [0.717, 1.165) is 24.6 Å². The highest BCUT2D eigenvalue weighted by atomic mass is 16.5. The minimum Gasteiger partial charge on any atom is -0.372 e. The zero-order valence-electron chi connectivity index (χ0n) is 9.47. The maximum Gasteiger partial charge on any atom is 0.132 e. The third-order valence-electron chi connectivity index (χ3n) is 2.53. The third kappa shape index (κ3) is 2.45. The first-order valence-electron chi connectivity index (χ1n) is 5.34. The van der Waals surface area contributed by atoms with Crippen LogP contribution in [0.1, 0.15) is 19.5 Å². The fourth-order valence-electron chi connectivity index (χ4n) is 1.98. The molecule has 2 heterocycles. The molecule has 4 heteroatoms. The molecule has 2 rings (SSSR count). The van der Waals surface area contributed by atoms with Gasteiger partial charge in [-0.3, -0.25) is 0 Å². The molecule has 82 valence electrons. The van der Waals surface area contributed by atoms with Gasteiger partial charge in [0, 0.05) is 24.8 Å². The summed E-state index contributed by atoms with van der Waals surface area (Å²) in [6.45, 7) is 7.98. The van der Waals surface area contributed by atoms with Crippen molar-refractivity contribution < 1.29 is 4.74 Å². The average Bonchev–Trinajstić information content (AvgIpc) is 2.16. The van der Waals surface area contributed by atoms with Gasteiger partial charge >= 0.3 is 0 Å². The lowest BCUT2D eigenvalue weighted by Gasteiger charge is -2.36. The van der Waals surface area contributed by atoms with E-state index in [-0.39, 0.29) is 12.2 Å². The zero-order chi connectivity index (χ0) is 10.8. The number of aromatic nitrogens is 2. The molecule has 0 unspecified atom stereocenters. The van der Waals surface area contributed by atoms with E-state index in [0.29, 0.717) is 0 Å². The molecule has 1 aliphatic heterocycles.